The molecule has 0 fully saturated rings. The quantitative estimate of drug-likeness (QED) is 0.175. The molecule has 0 N–H and O–H groups in total. The lowest BCUT2D eigenvalue weighted by atomic mass is 9.68. The van der Waals surface area contributed by atoms with Crippen LogP contribution in [0.15, 0.2) is 205 Å². The van der Waals surface area contributed by atoms with Gasteiger partial charge in [-0.25, -0.2) is 0 Å². The van der Waals surface area contributed by atoms with Crippen LogP contribution in [0, 0.1) is 0 Å². The van der Waals surface area contributed by atoms with Gasteiger partial charge in [0.25, 0.3) is 0 Å². The van der Waals surface area contributed by atoms with Gasteiger partial charge in [0.2, 0.25) is 0 Å². The lowest BCUT2D eigenvalue weighted by Crippen LogP contribution is -2.27. The van der Waals surface area contributed by atoms with Crippen LogP contribution >= 0.6 is 0 Å². The molecule has 1 aromatic heterocycles. The average Bonchev–Trinajstić information content (AvgIpc) is 4.09. The van der Waals surface area contributed by atoms with Crippen molar-refractivity contribution in [2.75, 3.05) is 4.90 Å². The van der Waals surface area contributed by atoms with Gasteiger partial charge in [0.1, 0.15) is 11.2 Å². The molecule has 2 heteroatoms. The number of anilines is 3. The number of nitrogens with zero attached hydrogens (tertiary/aromatic N) is 1. The van der Waals surface area contributed by atoms with Crippen LogP contribution < -0.4 is 4.90 Å². The summed E-state index contributed by atoms with van der Waals surface area (Å²) in [4.78, 5) is 2.54. The molecule has 1 heterocycles. The number of benzene rings is 10. The van der Waals surface area contributed by atoms with E-state index in [9.17, 15) is 0 Å². The highest BCUT2D eigenvalue weighted by Crippen LogP contribution is 2.64. The van der Waals surface area contributed by atoms with Gasteiger partial charge in [0.05, 0.1) is 11.1 Å². The van der Waals surface area contributed by atoms with Crippen LogP contribution in [0.5, 0.6) is 0 Å². The molecule has 0 unspecified atom stereocenters. The minimum atomic E-state index is -0.551. The molecule has 0 saturated carbocycles. The van der Waals surface area contributed by atoms with E-state index < -0.39 is 5.41 Å². The van der Waals surface area contributed by atoms with Crippen LogP contribution in [0.4, 0.5) is 17.1 Å². The van der Waals surface area contributed by atoms with E-state index in [-0.39, 0.29) is 16.2 Å². The van der Waals surface area contributed by atoms with Gasteiger partial charge in [-0.1, -0.05) is 219 Å². The lowest BCUT2D eigenvalue weighted by Gasteiger charge is -2.34. The topological polar surface area (TPSA) is 16.4 Å². The van der Waals surface area contributed by atoms with Crippen molar-refractivity contribution in [3.63, 3.8) is 0 Å². The van der Waals surface area contributed by atoms with Crippen molar-refractivity contribution >= 4 is 49.8 Å². The van der Waals surface area contributed by atoms with Gasteiger partial charge in [0.15, 0.2) is 0 Å². The second kappa shape index (κ2) is 14.8. The largest absolute Gasteiger partial charge is 0.455 e. The summed E-state index contributed by atoms with van der Waals surface area (Å²) >= 11 is 0. The van der Waals surface area contributed by atoms with Crippen molar-refractivity contribution in [3.05, 3.63) is 245 Å². The third-order valence-corrected chi connectivity index (χ3v) is 16.8. The molecular formula is C70H57NO. The van der Waals surface area contributed by atoms with E-state index in [1.54, 1.807) is 0 Å². The lowest BCUT2D eigenvalue weighted by molar-refractivity contribution is 0.586. The predicted octanol–water partition coefficient (Wildman–Crippen LogP) is 19.1. The van der Waals surface area contributed by atoms with Gasteiger partial charge in [-0.2, -0.15) is 0 Å². The molecule has 0 amide bonds. The average molecular weight is 928 g/mol. The maximum atomic E-state index is 7.10. The number of rotatable bonds is 4. The molecule has 10 aromatic carbocycles. The third kappa shape index (κ3) is 5.84. The predicted molar refractivity (Wildman–Crippen MR) is 303 cm³/mol. The third-order valence-electron chi connectivity index (χ3n) is 16.8. The molecule has 1 spiro atoms. The zero-order valence-electron chi connectivity index (χ0n) is 42.4. The minimum absolute atomic E-state index is 0.0400. The highest BCUT2D eigenvalue weighted by atomic mass is 16.3. The molecule has 3 aliphatic rings. The molecule has 3 aliphatic carbocycles. The van der Waals surface area contributed by atoms with Crippen molar-refractivity contribution < 1.29 is 4.42 Å². The number of fused-ring (bicyclic) bond motifs is 18. The Balaban J connectivity index is 1.06. The van der Waals surface area contributed by atoms with Crippen LogP contribution in [-0.2, 0) is 21.7 Å². The Bertz CT molecular complexity index is 4040. The normalized spacial score (nSPS) is 14.6. The number of para-hydroxylation sites is 2. The maximum Gasteiger partial charge on any atom is 0.143 e. The van der Waals surface area contributed by atoms with Crippen LogP contribution in [0.2, 0.25) is 0 Å². The Morgan fingerprint density at radius 3 is 1.49 bits per heavy atom. The highest BCUT2D eigenvalue weighted by molar-refractivity contribution is 6.17. The second-order valence-electron chi connectivity index (χ2n) is 23.2. The van der Waals surface area contributed by atoms with Gasteiger partial charge in [-0.3, -0.25) is 0 Å². The summed E-state index contributed by atoms with van der Waals surface area (Å²) in [5.41, 5.74) is 25.1. The molecule has 2 nitrogen and oxygen atoms in total. The van der Waals surface area contributed by atoms with E-state index in [1.807, 2.05) is 0 Å². The van der Waals surface area contributed by atoms with Crippen molar-refractivity contribution in [2.24, 2.45) is 0 Å². The molecule has 348 valence electrons. The monoisotopic (exact) mass is 927 g/mol. The Morgan fingerprint density at radius 1 is 0.347 bits per heavy atom. The van der Waals surface area contributed by atoms with E-state index in [0.29, 0.717) is 0 Å². The summed E-state index contributed by atoms with van der Waals surface area (Å²) in [5, 5.41) is 4.55. The highest BCUT2D eigenvalue weighted by Gasteiger charge is 2.52. The van der Waals surface area contributed by atoms with Crippen LogP contribution in [0.1, 0.15) is 99.9 Å². The fraction of sp³-hybridized carbons (Fsp3) is 0.171. The zero-order valence-corrected chi connectivity index (χ0v) is 42.4. The fourth-order valence-corrected chi connectivity index (χ4v) is 13.1. The van der Waals surface area contributed by atoms with Crippen molar-refractivity contribution in [1.82, 2.24) is 0 Å². The Labute approximate surface area is 423 Å². The van der Waals surface area contributed by atoms with Gasteiger partial charge in [-0.15, -0.1) is 0 Å². The zero-order chi connectivity index (χ0) is 49.1. The molecule has 0 atom stereocenters. The van der Waals surface area contributed by atoms with Crippen LogP contribution in [-0.4, -0.2) is 0 Å². The standard InChI is InChI=1S/C70H57NO/c1-67(2,3)43-29-34-51-52-35-30-44(68(4,5)6)39-62(52)70(61(51)38-43)59-26-15-12-21-49(59)53-37-32-46(41-63(53)70)71(45-31-36-50-48-20-11-14-25-58(48)69(7,8)60(50)40-45)64-27-16-13-22-54(64)55-23-17-24-56-57-33-28-42-18-9-10-19-47(42)65(57)72-66(55)56/h9-41H,1-8H3. The second-order valence-corrected chi connectivity index (χ2v) is 23.2. The summed E-state index contributed by atoms with van der Waals surface area (Å²) < 4.78 is 7.10. The molecule has 11 aromatic rings. The summed E-state index contributed by atoms with van der Waals surface area (Å²) in [6, 6.07) is 76.0. The molecule has 0 bridgehead atoms. The summed E-state index contributed by atoms with van der Waals surface area (Å²) in [6.07, 6.45) is 0. The Morgan fingerprint density at radius 2 is 0.819 bits per heavy atom. The minimum Gasteiger partial charge on any atom is -0.455 e. The first kappa shape index (κ1) is 42.9. The van der Waals surface area contributed by atoms with E-state index in [4.69, 9.17) is 4.42 Å². The first-order valence-electron chi connectivity index (χ1n) is 25.7. The van der Waals surface area contributed by atoms with Gasteiger partial charge >= 0.3 is 0 Å². The summed E-state index contributed by atoms with van der Waals surface area (Å²) in [7, 11) is 0. The van der Waals surface area contributed by atoms with Crippen LogP contribution in [0.3, 0.4) is 0 Å². The van der Waals surface area contributed by atoms with Gasteiger partial charge < -0.3 is 9.32 Å². The molecule has 0 saturated heterocycles. The summed E-state index contributed by atoms with van der Waals surface area (Å²) in [5.74, 6) is 0. The van der Waals surface area contributed by atoms with Gasteiger partial charge in [-0.05, 0) is 131 Å². The number of furan rings is 1. The number of hydrogen-bond acceptors (Lipinski definition) is 2. The van der Waals surface area contributed by atoms with Crippen LogP contribution in [0.25, 0.3) is 77.2 Å². The molecular weight excluding hydrogens is 871 g/mol. The van der Waals surface area contributed by atoms with Crippen molar-refractivity contribution in [2.45, 2.75) is 77.0 Å². The molecule has 14 rings (SSSR count). The Hall–Kier alpha value is -7.94. The fourth-order valence-electron chi connectivity index (χ4n) is 13.1. The van der Waals surface area contributed by atoms with E-state index in [1.165, 1.54) is 83.3 Å². The molecule has 0 aliphatic heterocycles. The van der Waals surface area contributed by atoms with Crippen molar-refractivity contribution in [1.29, 1.82) is 0 Å². The summed E-state index contributed by atoms with van der Waals surface area (Å²) in [6.45, 7) is 18.8. The number of hydrogen-bond donors (Lipinski definition) is 0. The van der Waals surface area contributed by atoms with Gasteiger partial charge in [0, 0.05) is 44.1 Å². The molecule has 0 radical (unpaired) electrons. The van der Waals surface area contributed by atoms with E-state index in [0.717, 1.165) is 55.5 Å². The molecule has 72 heavy (non-hydrogen) atoms. The smallest absolute Gasteiger partial charge is 0.143 e. The SMILES string of the molecule is CC(C)(C)c1ccc2c(c1)C1(c3ccccc3-c3ccc(N(c4ccc5c(c4)C(C)(C)c4ccccc4-5)c4ccccc4-c4cccc5c4oc4c6ccccc6ccc54)cc31)c1cc(C(C)(C)C)ccc1-2. The first-order chi connectivity index (χ1) is 34.7. The van der Waals surface area contributed by atoms with E-state index in [2.05, 4.69) is 260 Å². The maximum absolute atomic E-state index is 7.10. The first-order valence-corrected chi connectivity index (χ1v) is 25.7. The Kier molecular flexibility index (Phi) is 8.82. The van der Waals surface area contributed by atoms with E-state index >= 15 is 0 Å². The van der Waals surface area contributed by atoms with Crippen molar-refractivity contribution in [3.8, 4) is 44.5 Å².